The quantitative estimate of drug-likeness (QED) is 0.819. The van der Waals surface area contributed by atoms with Crippen molar-refractivity contribution in [3.05, 3.63) is 0 Å². The van der Waals surface area contributed by atoms with Crippen LogP contribution in [0.5, 0.6) is 0 Å². The second-order valence-corrected chi connectivity index (χ2v) is 9.26. The largest absolute Gasteiger partial charge is 0.335 e. The van der Waals surface area contributed by atoms with E-state index in [1.54, 1.807) is 13.8 Å². The zero-order valence-corrected chi connectivity index (χ0v) is 15.3. The van der Waals surface area contributed by atoms with Crippen molar-refractivity contribution in [3.8, 4) is 0 Å². The standard InChI is InChI=1S/C16H31N3O3S/c1-3-23(21,22)13-14(2)17-16(20)19-11-6-7-15(8-12-19)18-9-4-5-10-18/h14-15H,3-13H2,1-2H3,(H,17,20)/t14-,15+/m1/s1. The van der Waals surface area contributed by atoms with Gasteiger partial charge in [-0.2, -0.15) is 0 Å². The van der Waals surface area contributed by atoms with Gasteiger partial charge in [-0.15, -0.1) is 0 Å². The molecule has 2 aliphatic rings. The van der Waals surface area contributed by atoms with Gasteiger partial charge in [-0.05, 0) is 52.1 Å². The third kappa shape index (κ3) is 5.64. The van der Waals surface area contributed by atoms with Crippen molar-refractivity contribution in [1.29, 1.82) is 0 Å². The summed E-state index contributed by atoms with van der Waals surface area (Å²) in [7, 11) is -3.06. The molecule has 134 valence electrons. The Balaban J connectivity index is 1.80. The Bertz CT molecular complexity index is 489. The van der Waals surface area contributed by atoms with Gasteiger partial charge in [0, 0.05) is 30.9 Å². The van der Waals surface area contributed by atoms with E-state index in [4.69, 9.17) is 0 Å². The zero-order valence-electron chi connectivity index (χ0n) is 14.5. The molecule has 2 saturated heterocycles. The molecule has 2 fully saturated rings. The third-order valence-electron chi connectivity index (χ3n) is 4.96. The number of likely N-dealkylation sites (tertiary alicyclic amines) is 2. The highest BCUT2D eigenvalue weighted by Crippen LogP contribution is 2.21. The molecule has 0 unspecified atom stereocenters. The summed E-state index contributed by atoms with van der Waals surface area (Å²) in [5.41, 5.74) is 0. The Kier molecular flexibility index (Phi) is 6.71. The summed E-state index contributed by atoms with van der Waals surface area (Å²) in [5, 5.41) is 2.85. The molecule has 0 spiro atoms. The second kappa shape index (κ2) is 8.33. The second-order valence-electron chi connectivity index (χ2n) is 6.86. The van der Waals surface area contributed by atoms with Crippen molar-refractivity contribution in [2.75, 3.05) is 37.7 Å². The van der Waals surface area contributed by atoms with Crippen LogP contribution in [0.4, 0.5) is 4.79 Å². The summed E-state index contributed by atoms with van der Waals surface area (Å²) < 4.78 is 23.3. The average Bonchev–Trinajstić information content (AvgIpc) is 2.91. The highest BCUT2D eigenvalue weighted by atomic mass is 32.2. The molecule has 2 heterocycles. The van der Waals surface area contributed by atoms with Gasteiger partial charge in [0.25, 0.3) is 0 Å². The minimum absolute atomic E-state index is 0.0134. The minimum atomic E-state index is -3.06. The van der Waals surface area contributed by atoms with E-state index >= 15 is 0 Å². The monoisotopic (exact) mass is 345 g/mol. The van der Waals surface area contributed by atoms with Gasteiger partial charge in [0.1, 0.15) is 0 Å². The maximum atomic E-state index is 12.4. The van der Waals surface area contributed by atoms with Crippen LogP contribution in [0.15, 0.2) is 0 Å². The van der Waals surface area contributed by atoms with Crippen molar-refractivity contribution >= 4 is 15.9 Å². The Morgan fingerprint density at radius 2 is 1.83 bits per heavy atom. The molecule has 0 saturated carbocycles. The Hall–Kier alpha value is -0.820. The predicted octanol–water partition coefficient (Wildman–Crippen LogP) is 1.47. The number of hydrogen-bond acceptors (Lipinski definition) is 4. The van der Waals surface area contributed by atoms with Gasteiger partial charge in [0.05, 0.1) is 5.75 Å². The number of sulfone groups is 1. The van der Waals surface area contributed by atoms with E-state index in [1.165, 1.54) is 25.9 Å². The van der Waals surface area contributed by atoms with Gasteiger partial charge in [0.15, 0.2) is 9.84 Å². The fourth-order valence-electron chi connectivity index (χ4n) is 3.60. The van der Waals surface area contributed by atoms with Gasteiger partial charge >= 0.3 is 6.03 Å². The van der Waals surface area contributed by atoms with Crippen LogP contribution in [-0.2, 0) is 9.84 Å². The van der Waals surface area contributed by atoms with E-state index < -0.39 is 9.84 Å². The fourth-order valence-corrected chi connectivity index (χ4v) is 4.68. The summed E-state index contributed by atoms with van der Waals surface area (Å²) in [4.78, 5) is 16.8. The number of hydrogen-bond donors (Lipinski definition) is 1. The molecule has 0 bridgehead atoms. The lowest BCUT2D eigenvalue weighted by Crippen LogP contribution is -2.46. The highest BCUT2D eigenvalue weighted by Gasteiger charge is 2.27. The van der Waals surface area contributed by atoms with Crippen molar-refractivity contribution in [2.24, 2.45) is 0 Å². The average molecular weight is 346 g/mol. The molecule has 2 amide bonds. The lowest BCUT2D eigenvalue weighted by atomic mass is 10.1. The van der Waals surface area contributed by atoms with E-state index in [1.807, 2.05) is 4.90 Å². The van der Waals surface area contributed by atoms with Crippen LogP contribution < -0.4 is 5.32 Å². The topological polar surface area (TPSA) is 69.7 Å². The molecular weight excluding hydrogens is 314 g/mol. The first-order valence-electron chi connectivity index (χ1n) is 8.91. The molecule has 2 aliphatic heterocycles. The molecule has 6 nitrogen and oxygen atoms in total. The van der Waals surface area contributed by atoms with E-state index in [2.05, 4.69) is 10.2 Å². The number of carbonyl (C=O) groups excluding carboxylic acids is 1. The molecule has 7 heteroatoms. The first-order valence-corrected chi connectivity index (χ1v) is 10.7. The van der Waals surface area contributed by atoms with E-state index in [9.17, 15) is 13.2 Å². The van der Waals surface area contributed by atoms with Crippen LogP contribution in [-0.4, -0.2) is 74.0 Å². The molecule has 1 N–H and O–H groups in total. The number of urea groups is 1. The zero-order chi connectivity index (χ0) is 16.9. The van der Waals surface area contributed by atoms with Crippen LogP contribution >= 0.6 is 0 Å². The predicted molar refractivity (Wildman–Crippen MR) is 92.3 cm³/mol. The SMILES string of the molecule is CCS(=O)(=O)C[C@@H](C)NC(=O)N1CCC[C@H](N2CCCC2)CC1. The van der Waals surface area contributed by atoms with Crippen molar-refractivity contribution in [1.82, 2.24) is 15.1 Å². The summed E-state index contributed by atoms with van der Waals surface area (Å²) in [6.45, 7) is 7.32. The van der Waals surface area contributed by atoms with Crippen LogP contribution in [0.25, 0.3) is 0 Å². The smallest absolute Gasteiger partial charge is 0.317 e. The molecule has 0 aromatic rings. The van der Waals surface area contributed by atoms with Gasteiger partial charge in [0.2, 0.25) is 0 Å². The van der Waals surface area contributed by atoms with E-state index in [0.717, 1.165) is 32.4 Å². The van der Waals surface area contributed by atoms with Crippen LogP contribution in [0.2, 0.25) is 0 Å². The molecule has 2 atom stereocenters. The van der Waals surface area contributed by atoms with Crippen LogP contribution in [0, 0.1) is 0 Å². The van der Waals surface area contributed by atoms with Crippen LogP contribution in [0.3, 0.4) is 0 Å². The summed E-state index contributed by atoms with van der Waals surface area (Å²) in [6, 6.07) is 0.143. The van der Waals surface area contributed by atoms with Gasteiger partial charge in [-0.3, -0.25) is 0 Å². The summed E-state index contributed by atoms with van der Waals surface area (Å²) >= 11 is 0. The number of nitrogens with one attached hydrogen (secondary N) is 1. The summed E-state index contributed by atoms with van der Waals surface area (Å²) in [6.07, 6.45) is 5.79. The third-order valence-corrected chi connectivity index (χ3v) is 6.84. The molecule has 0 aromatic carbocycles. The maximum absolute atomic E-state index is 12.4. The van der Waals surface area contributed by atoms with Gasteiger partial charge in [-0.1, -0.05) is 6.92 Å². The molecule has 2 rings (SSSR count). The minimum Gasteiger partial charge on any atom is -0.335 e. The van der Waals surface area contributed by atoms with Crippen LogP contribution in [0.1, 0.15) is 46.0 Å². The van der Waals surface area contributed by atoms with Gasteiger partial charge in [-0.25, -0.2) is 13.2 Å². The van der Waals surface area contributed by atoms with Gasteiger partial charge < -0.3 is 15.1 Å². The number of amides is 2. The fraction of sp³-hybridized carbons (Fsp3) is 0.938. The Morgan fingerprint density at radius 3 is 2.48 bits per heavy atom. The molecular formula is C16H31N3O3S. The van der Waals surface area contributed by atoms with Crippen molar-refractivity contribution in [3.63, 3.8) is 0 Å². The maximum Gasteiger partial charge on any atom is 0.317 e. The number of carbonyl (C=O) groups is 1. The Labute approximate surface area is 140 Å². The molecule has 0 radical (unpaired) electrons. The first kappa shape index (κ1) is 18.5. The first-order chi connectivity index (χ1) is 10.9. The van der Waals surface area contributed by atoms with Crippen molar-refractivity contribution in [2.45, 2.75) is 58.0 Å². The summed E-state index contributed by atoms with van der Waals surface area (Å²) in [5.74, 6) is 0.133. The van der Waals surface area contributed by atoms with E-state index in [0.29, 0.717) is 6.04 Å². The Morgan fingerprint density at radius 1 is 1.13 bits per heavy atom. The number of rotatable bonds is 5. The lowest BCUT2D eigenvalue weighted by molar-refractivity contribution is 0.191. The molecule has 23 heavy (non-hydrogen) atoms. The lowest BCUT2D eigenvalue weighted by Gasteiger charge is -2.27. The molecule has 0 aromatic heterocycles. The normalized spacial score (nSPS) is 25.1. The van der Waals surface area contributed by atoms with Crippen molar-refractivity contribution < 1.29 is 13.2 Å². The number of nitrogens with zero attached hydrogens (tertiary/aromatic N) is 2. The highest BCUT2D eigenvalue weighted by molar-refractivity contribution is 7.91. The molecule has 0 aliphatic carbocycles. The van der Waals surface area contributed by atoms with E-state index in [-0.39, 0.29) is 23.6 Å².